The third kappa shape index (κ3) is 3.97. The fourth-order valence-corrected chi connectivity index (χ4v) is 4.07. The summed E-state index contributed by atoms with van der Waals surface area (Å²) in [6.07, 6.45) is 1.13. The van der Waals surface area contributed by atoms with Crippen molar-refractivity contribution in [2.75, 3.05) is 5.32 Å². The maximum absolute atomic E-state index is 14.5. The fourth-order valence-electron chi connectivity index (χ4n) is 3.51. The van der Waals surface area contributed by atoms with Crippen LogP contribution in [0.1, 0.15) is 18.4 Å². The van der Waals surface area contributed by atoms with E-state index >= 15 is 0 Å². The van der Waals surface area contributed by atoms with Crippen molar-refractivity contribution in [3.05, 3.63) is 72.0 Å². The minimum atomic E-state index is -3.95. The molecule has 9 heteroatoms. The van der Waals surface area contributed by atoms with Crippen LogP contribution in [0.4, 0.5) is 10.1 Å². The second kappa shape index (κ2) is 7.36. The number of sulfonamides is 1. The Morgan fingerprint density at radius 1 is 1.00 bits per heavy atom. The second-order valence-corrected chi connectivity index (χ2v) is 9.07. The van der Waals surface area contributed by atoms with Gasteiger partial charge in [0.05, 0.1) is 10.3 Å². The smallest absolute Gasteiger partial charge is 0.238 e. The number of primary sulfonamides is 1. The molecule has 0 aliphatic heterocycles. The van der Waals surface area contributed by atoms with Crippen molar-refractivity contribution in [2.24, 2.45) is 5.14 Å². The number of hydrogen-bond acceptors (Lipinski definition) is 5. The number of aromatic hydroxyl groups is 2. The predicted octanol–water partition coefficient (Wildman–Crippen LogP) is 3.22. The molecule has 0 unspecified atom stereocenters. The Balaban J connectivity index is 1.64. The molecule has 1 amide bonds. The normalized spacial score (nSPS) is 14.8. The number of nitrogens with two attached hydrogens (primary N) is 1. The molecule has 3 aromatic carbocycles. The maximum atomic E-state index is 14.5. The maximum Gasteiger partial charge on any atom is 0.238 e. The summed E-state index contributed by atoms with van der Waals surface area (Å²) in [5, 5.41) is 27.2. The van der Waals surface area contributed by atoms with Gasteiger partial charge in [0.2, 0.25) is 15.9 Å². The molecule has 1 saturated carbocycles. The Bertz CT molecular complexity index is 1300. The molecule has 1 aliphatic rings. The van der Waals surface area contributed by atoms with Crippen molar-refractivity contribution in [3.63, 3.8) is 0 Å². The molecule has 0 aromatic heterocycles. The van der Waals surface area contributed by atoms with Gasteiger partial charge in [-0.25, -0.2) is 17.9 Å². The Hall–Kier alpha value is -3.43. The van der Waals surface area contributed by atoms with Crippen LogP contribution in [0.15, 0.2) is 65.6 Å². The molecule has 1 fully saturated rings. The van der Waals surface area contributed by atoms with Gasteiger partial charge < -0.3 is 15.5 Å². The van der Waals surface area contributed by atoms with E-state index in [1.54, 1.807) is 12.1 Å². The topological polar surface area (TPSA) is 130 Å². The van der Waals surface area contributed by atoms with Crippen molar-refractivity contribution >= 4 is 21.6 Å². The molecule has 0 spiro atoms. The zero-order valence-electron chi connectivity index (χ0n) is 16.2. The highest BCUT2D eigenvalue weighted by Gasteiger charge is 2.51. The van der Waals surface area contributed by atoms with Crippen LogP contribution < -0.4 is 10.5 Å². The summed E-state index contributed by atoms with van der Waals surface area (Å²) in [5.74, 6) is -1.50. The molecule has 5 N–H and O–H groups in total. The summed E-state index contributed by atoms with van der Waals surface area (Å²) in [7, 11) is -3.95. The highest BCUT2D eigenvalue weighted by molar-refractivity contribution is 7.89. The Morgan fingerprint density at radius 2 is 1.74 bits per heavy atom. The van der Waals surface area contributed by atoms with Crippen LogP contribution in [0.25, 0.3) is 11.1 Å². The summed E-state index contributed by atoms with van der Waals surface area (Å²) in [6.45, 7) is 0. The number of anilines is 1. The lowest BCUT2D eigenvalue weighted by atomic mass is 9.94. The molecular weight excluding hydrogens is 423 g/mol. The second-order valence-electron chi connectivity index (χ2n) is 7.51. The summed E-state index contributed by atoms with van der Waals surface area (Å²) in [6, 6.07) is 13.8. The molecule has 7 nitrogen and oxygen atoms in total. The number of carbonyl (C=O) groups is 1. The fraction of sp³-hybridized carbons (Fsp3) is 0.136. The summed E-state index contributed by atoms with van der Waals surface area (Å²) in [5.41, 5.74) is 0.466. The van der Waals surface area contributed by atoms with Gasteiger partial charge >= 0.3 is 0 Å². The van der Waals surface area contributed by atoms with Crippen LogP contribution in [-0.2, 0) is 20.2 Å². The highest BCUT2D eigenvalue weighted by atomic mass is 32.2. The van der Waals surface area contributed by atoms with Gasteiger partial charge in [0.25, 0.3) is 0 Å². The Kier molecular flexibility index (Phi) is 4.95. The number of hydrogen-bond donors (Lipinski definition) is 4. The third-order valence-electron chi connectivity index (χ3n) is 5.41. The average Bonchev–Trinajstić information content (AvgIpc) is 3.53. The van der Waals surface area contributed by atoms with Crippen molar-refractivity contribution in [1.29, 1.82) is 0 Å². The van der Waals surface area contributed by atoms with E-state index in [1.807, 2.05) is 0 Å². The molecule has 31 heavy (non-hydrogen) atoms. The Labute approximate surface area is 178 Å². The third-order valence-corrected chi connectivity index (χ3v) is 6.32. The number of amides is 1. The van der Waals surface area contributed by atoms with Crippen LogP contribution in [0.3, 0.4) is 0 Å². The first-order chi connectivity index (χ1) is 14.6. The lowest BCUT2D eigenvalue weighted by Crippen LogP contribution is -2.27. The van der Waals surface area contributed by atoms with Crippen molar-refractivity contribution in [1.82, 2.24) is 0 Å². The van der Waals surface area contributed by atoms with Crippen molar-refractivity contribution in [2.45, 2.75) is 23.2 Å². The number of carbonyl (C=O) groups excluding carboxylic acids is 1. The molecular formula is C22H19FN2O5S. The van der Waals surface area contributed by atoms with Gasteiger partial charge in [0.1, 0.15) is 5.82 Å². The average molecular weight is 442 g/mol. The Morgan fingerprint density at radius 3 is 2.39 bits per heavy atom. The molecule has 0 atom stereocenters. The van der Waals surface area contributed by atoms with E-state index in [0.29, 0.717) is 29.7 Å². The van der Waals surface area contributed by atoms with Gasteiger partial charge in [-0.05, 0) is 66.4 Å². The summed E-state index contributed by atoms with van der Waals surface area (Å²) >= 11 is 0. The van der Waals surface area contributed by atoms with Crippen LogP contribution in [0.2, 0.25) is 0 Å². The van der Waals surface area contributed by atoms with Gasteiger partial charge in [0.15, 0.2) is 11.5 Å². The zero-order valence-corrected chi connectivity index (χ0v) is 17.0. The SMILES string of the molecule is NS(=O)(=O)c1cccc(-c2cc(NC(=O)C3(c4ccc(O)c(O)c4)CC3)ccc2F)c1. The van der Waals surface area contributed by atoms with E-state index in [2.05, 4.69) is 5.32 Å². The van der Waals surface area contributed by atoms with E-state index in [-0.39, 0.29) is 27.9 Å². The molecule has 160 valence electrons. The van der Waals surface area contributed by atoms with Crippen LogP contribution >= 0.6 is 0 Å². The minimum Gasteiger partial charge on any atom is -0.504 e. The summed E-state index contributed by atoms with van der Waals surface area (Å²) < 4.78 is 37.7. The van der Waals surface area contributed by atoms with Crippen molar-refractivity contribution < 1.29 is 27.8 Å². The first-order valence-corrected chi connectivity index (χ1v) is 10.9. The number of phenolic OH excluding ortho intramolecular Hbond substituents is 2. The van der Waals surface area contributed by atoms with E-state index < -0.39 is 21.3 Å². The molecule has 0 bridgehead atoms. The standard InChI is InChI=1S/C22H19FN2O5S/c23-18-6-5-15(12-17(18)13-2-1-3-16(10-13)31(24,29)30)25-21(28)22(8-9-22)14-4-7-19(26)20(27)11-14/h1-7,10-12,26-27H,8-9H2,(H,25,28)(H2,24,29,30). The van der Waals surface area contributed by atoms with Gasteiger partial charge in [-0.2, -0.15) is 0 Å². The molecule has 4 rings (SSSR count). The van der Waals surface area contributed by atoms with Gasteiger partial charge in [0, 0.05) is 11.3 Å². The van der Waals surface area contributed by atoms with Gasteiger partial charge in [-0.3, -0.25) is 4.79 Å². The predicted molar refractivity (Wildman–Crippen MR) is 113 cm³/mol. The molecule has 3 aromatic rings. The largest absolute Gasteiger partial charge is 0.504 e. The van der Waals surface area contributed by atoms with Crippen molar-refractivity contribution in [3.8, 4) is 22.6 Å². The van der Waals surface area contributed by atoms with Crippen LogP contribution in [-0.4, -0.2) is 24.5 Å². The van der Waals surface area contributed by atoms with E-state index in [1.165, 1.54) is 48.5 Å². The lowest BCUT2D eigenvalue weighted by molar-refractivity contribution is -0.118. The van der Waals surface area contributed by atoms with Gasteiger partial charge in [-0.15, -0.1) is 0 Å². The lowest BCUT2D eigenvalue weighted by Gasteiger charge is -2.17. The van der Waals surface area contributed by atoms with Gasteiger partial charge in [-0.1, -0.05) is 18.2 Å². The highest BCUT2D eigenvalue weighted by Crippen LogP contribution is 2.50. The number of nitrogens with one attached hydrogen (secondary N) is 1. The molecule has 0 saturated heterocycles. The minimum absolute atomic E-state index is 0.107. The number of benzene rings is 3. The van der Waals surface area contributed by atoms with E-state index in [4.69, 9.17) is 5.14 Å². The first kappa shape index (κ1) is 20.8. The van der Waals surface area contributed by atoms with Crippen LogP contribution in [0.5, 0.6) is 11.5 Å². The number of phenols is 2. The van der Waals surface area contributed by atoms with E-state index in [0.717, 1.165) is 0 Å². The number of rotatable bonds is 5. The first-order valence-electron chi connectivity index (χ1n) is 9.37. The van der Waals surface area contributed by atoms with E-state index in [9.17, 15) is 27.8 Å². The zero-order chi connectivity index (χ0) is 22.4. The monoisotopic (exact) mass is 442 g/mol. The number of halogens is 1. The van der Waals surface area contributed by atoms with Crippen LogP contribution in [0, 0.1) is 5.82 Å². The summed E-state index contributed by atoms with van der Waals surface area (Å²) in [4.78, 5) is 12.8. The molecule has 0 heterocycles. The molecule has 0 radical (unpaired) electrons. The molecule has 1 aliphatic carbocycles. The quantitative estimate of drug-likeness (QED) is 0.451.